The van der Waals surface area contributed by atoms with Gasteiger partial charge in [-0.2, -0.15) is 0 Å². The van der Waals surface area contributed by atoms with E-state index in [-0.39, 0.29) is 17.9 Å². The van der Waals surface area contributed by atoms with E-state index in [2.05, 4.69) is 10.3 Å². The van der Waals surface area contributed by atoms with Crippen LogP contribution < -0.4 is 5.32 Å². The summed E-state index contributed by atoms with van der Waals surface area (Å²) in [6.45, 7) is 1.87. The van der Waals surface area contributed by atoms with Crippen molar-refractivity contribution < 1.29 is 18.3 Å². The third-order valence-corrected chi connectivity index (χ3v) is 5.77. The van der Waals surface area contributed by atoms with Gasteiger partial charge in [-0.3, -0.25) is 4.79 Å². The molecule has 0 saturated carbocycles. The molecule has 0 aromatic carbocycles. The maximum absolute atomic E-state index is 11.5. The first-order valence-corrected chi connectivity index (χ1v) is 8.63. The smallest absolute Gasteiger partial charge is 0.303 e. The number of hydrogen-bond acceptors (Lipinski definition) is 6. The van der Waals surface area contributed by atoms with Crippen molar-refractivity contribution in [3.8, 4) is 0 Å². The van der Waals surface area contributed by atoms with Gasteiger partial charge in [-0.1, -0.05) is 0 Å². The molecular weight excluding hydrogens is 288 g/mol. The van der Waals surface area contributed by atoms with E-state index >= 15 is 0 Å². The molecule has 1 unspecified atom stereocenters. The van der Waals surface area contributed by atoms with Crippen LogP contribution in [0, 0.1) is 0 Å². The number of aryl methyl sites for hydroxylation is 1. The third-order valence-electron chi connectivity index (χ3n) is 3.06. The Morgan fingerprint density at radius 1 is 1.63 bits per heavy atom. The molecule has 6 nitrogen and oxygen atoms in total. The van der Waals surface area contributed by atoms with Crippen LogP contribution in [-0.4, -0.2) is 41.5 Å². The molecule has 0 radical (unpaired) electrons. The van der Waals surface area contributed by atoms with E-state index in [0.29, 0.717) is 18.0 Å². The van der Waals surface area contributed by atoms with Gasteiger partial charge in [-0.25, -0.2) is 13.4 Å². The number of carboxylic acid groups (broad SMARTS) is 1. The Bertz CT molecular complexity index is 581. The first-order chi connectivity index (χ1) is 8.78. The number of hydrogen-bond donors (Lipinski definition) is 2. The molecule has 2 rings (SSSR count). The fraction of sp³-hybridized carbons (Fsp3) is 0.636. The van der Waals surface area contributed by atoms with Crippen molar-refractivity contribution in [1.29, 1.82) is 0 Å². The summed E-state index contributed by atoms with van der Waals surface area (Å²) in [5.41, 5.74) is 0.250. The summed E-state index contributed by atoms with van der Waals surface area (Å²) in [6.07, 6.45) is 1.01. The summed E-state index contributed by atoms with van der Waals surface area (Å²) in [7, 11) is -2.95. The lowest BCUT2D eigenvalue weighted by Gasteiger charge is -2.23. The largest absolute Gasteiger partial charge is 0.481 e. The maximum Gasteiger partial charge on any atom is 0.303 e. The van der Waals surface area contributed by atoms with Crippen molar-refractivity contribution in [2.24, 2.45) is 0 Å². The molecule has 1 fully saturated rings. The van der Waals surface area contributed by atoms with E-state index < -0.39 is 21.3 Å². The fourth-order valence-corrected chi connectivity index (χ4v) is 5.07. The molecule has 2 N–H and O–H groups in total. The number of aliphatic carboxylic acids is 1. The topological polar surface area (TPSA) is 96.4 Å². The number of aromatic nitrogens is 1. The Morgan fingerprint density at radius 2 is 2.37 bits per heavy atom. The van der Waals surface area contributed by atoms with E-state index in [1.807, 2.05) is 6.92 Å². The van der Waals surface area contributed by atoms with E-state index in [1.165, 1.54) is 11.3 Å². The first kappa shape index (κ1) is 14.3. The van der Waals surface area contributed by atoms with Gasteiger partial charge < -0.3 is 10.4 Å². The quantitative estimate of drug-likeness (QED) is 0.847. The van der Waals surface area contributed by atoms with Crippen molar-refractivity contribution in [3.05, 3.63) is 11.1 Å². The van der Waals surface area contributed by atoms with Crippen LogP contribution >= 0.6 is 11.3 Å². The average molecular weight is 304 g/mol. The summed E-state index contributed by atoms with van der Waals surface area (Å²) in [5.74, 6) is -0.533. The van der Waals surface area contributed by atoms with Crippen molar-refractivity contribution in [1.82, 2.24) is 4.98 Å². The molecule has 1 saturated heterocycles. The summed E-state index contributed by atoms with van der Waals surface area (Å²) in [5, 5.41) is 14.2. The normalized spacial score (nSPS) is 25.3. The zero-order chi connectivity index (χ0) is 14.1. The lowest BCUT2D eigenvalue weighted by molar-refractivity contribution is -0.136. The minimum absolute atomic E-state index is 0.0504. The van der Waals surface area contributed by atoms with Gasteiger partial charge in [-0.05, 0) is 13.3 Å². The van der Waals surface area contributed by atoms with Gasteiger partial charge in [0.15, 0.2) is 15.0 Å². The van der Waals surface area contributed by atoms with Gasteiger partial charge >= 0.3 is 5.97 Å². The number of carboxylic acids is 1. The molecule has 1 atom stereocenters. The minimum atomic E-state index is -2.95. The van der Waals surface area contributed by atoms with Crippen LogP contribution in [0.25, 0.3) is 0 Å². The third kappa shape index (κ3) is 3.90. The Balaban J connectivity index is 1.98. The number of thiazole rings is 1. The van der Waals surface area contributed by atoms with Gasteiger partial charge in [0.05, 0.1) is 29.2 Å². The van der Waals surface area contributed by atoms with Crippen molar-refractivity contribution in [2.45, 2.75) is 31.7 Å². The predicted molar refractivity (Wildman–Crippen MR) is 73.4 cm³/mol. The standard InChI is InChI=1S/C11H16N2O4S2/c1-11(4-5-19(16,17)7-11)13-10-12-8(6-18-10)2-3-9(14)15/h6H,2-5,7H2,1H3,(H,12,13)(H,14,15). The van der Waals surface area contributed by atoms with Gasteiger partial charge in [0.2, 0.25) is 0 Å². The summed E-state index contributed by atoms with van der Waals surface area (Å²) in [4.78, 5) is 14.8. The molecule has 1 aromatic heterocycles. The molecule has 0 bridgehead atoms. The second kappa shape index (κ2) is 5.09. The molecule has 19 heavy (non-hydrogen) atoms. The number of sulfone groups is 1. The monoisotopic (exact) mass is 304 g/mol. The number of nitrogens with one attached hydrogen (secondary N) is 1. The number of rotatable bonds is 5. The highest BCUT2D eigenvalue weighted by Gasteiger charge is 2.38. The lowest BCUT2D eigenvalue weighted by atomic mass is 10.0. The minimum Gasteiger partial charge on any atom is -0.481 e. The zero-order valence-corrected chi connectivity index (χ0v) is 12.2. The van der Waals surface area contributed by atoms with Crippen molar-refractivity contribution in [2.75, 3.05) is 16.8 Å². The maximum atomic E-state index is 11.5. The molecule has 0 aliphatic carbocycles. The van der Waals surface area contributed by atoms with Crippen LogP contribution in [0.15, 0.2) is 5.38 Å². The second-order valence-electron chi connectivity index (χ2n) is 5.07. The van der Waals surface area contributed by atoms with Crippen LogP contribution in [0.3, 0.4) is 0 Å². The Hall–Kier alpha value is -1.15. The molecule has 2 heterocycles. The number of carbonyl (C=O) groups is 1. The van der Waals surface area contributed by atoms with Crippen LogP contribution in [0.2, 0.25) is 0 Å². The van der Waals surface area contributed by atoms with E-state index in [1.54, 1.807) is 5.38 Å². The SMILES string of the molecule is CC1(Nc2nc(CCC(=O)O)cs2)CCS(=O)(=O)C1. The van der Waals surface area contributed by atoms with Gasteiger partial charge in [0.25, 0.3) is 0 Å². The number of anilines is 1. The van der Waals surface area contributed by atoms with Gasteiger partial charge in [0, 0.05) is 11.8 Å². The van der Waals surface area contributed by atoms with Crippen molar-refractivity contribution in [3.63, 3.8) is 0 Å². The fourth-order valence-electron chi connectivity index (χ4n) is 2.08. The molecular formula is C11H16N2O4S2. The number of nitrogens with zero attached hydrogens (tertiary/aromatic N) is 1. The molecule has 1 aliphatic heterocycles. The van der Waals surface area contributed by atoms with Crippen LogP contribution in [0.4, 0.5) is 5.13 Å². The molecule has 1 aliphatic rings. The Morgan fingerprint density at radius 3 is 2.95 bits per heavy atom. The van der Waals surface area contributed by atoms with Crippen LogP contribution in [0.5, 0.6) is 0 Å². The summed E-state index contributed by atoms with van der Waals surface area (Å²) < 4.78 is 23.0. The molecule has 8 heteroatoms. The first-order valence-electron chi connectivity index (χ1n) is 5.93. The summed E-state index contributed by atoms with van der Waals surface area (Å²) >= 11 is 1.38. The molecule has 0 amide bonds. The molecule has 1 aromatic rings. The predicted octanol–water partition coefficient (Wildman–Crippen LogP) is 1.15. The Labute approximate surface area is 115 Å². The van der Waals surface area contributed by atoms with E-state index in [9.17, 15) is 13.2 Å². The Kier molecular flexibility index (Phi) is 3.82. The highest BCUT2D eigenvalue weighted by Crippen LogP contribution is 2.29. The highest BCUT2D eigenvalue weighted by atomic mass is 32.2. The van der Waals surface area contributed by atoms with Crippen LogP contribution in [0.1, 0.15) is 25.5 Å². The lowest BCUT2D eigenvalue weighted by Crippen LogP contribution is -2.35. The van der Waals surface area contributed by atoms with Gasteiger partial charge in [0.1, 0.15) is 0 Å². The van der Waals surface area contributed by atoms with E-state index in [4.69, 9.17) is 5.11 Å². The van der Waals surface area contributed by atoms with Gasteiger partial charge in [-0.15, -0.1) is 11.3 Å². The zero-order valence-electron chi connectivity index (χ0n) is 10.5. The van der Waals surface area contributed by atoms with Crippen molar-refractivity contribution >= 4 is 32.3 Å². The van der Waals surface area contributed by atoms with Crippen LogP contribution in [-0.2, 0) is 21.1 Å². The molecule has 0 spiro atoms. The second-order valence-corrected chi connectivity index (χ2v) is 8.11. The highest BCUT2D eigenvalue weighted by molar-refractivity contribution is 7.91. The average Bonchev–Trinajstić information content (AvgIpc) is 2.81. The molecule has 106 valence electrons. The van der Waals surface area contributed by atoms with E-state index in [0.717, 1.165) is 5.69 Å². The summed E-state index contributed by atoms with van der Waals surface area (Å²) in [6, 6.07) is 0.